The molecule has 2 N–H and O–H groups in total. The smallest absolute Gasteiger partial charge is 0.0453 e. The topological polar surface area (TPSA) is 48.2 Å². The fourth-order valence-electron chi connectivity index (χ4n) is 1.30. The summed E-state index contributed by atoms with van der Waals surface area (Å²) in [5.41, 5.74) is 3.07. The number of aliphatic imine (C=N–C) groups is 1. The molecule has 0 saturated carbocycles. The van der Waals surface area contributed by atoms with Crippen LogP contribution in [0.25, 0.3) is 0 Å². The zero-order valence-corrected chi connectivity index (χ0v) is 7.65. The fraction of sp³-hybridized carbons (Fsp3) is 0.556. The Hall–Kier alpha value is -1.12. The van der Waals surface area contributed by atoms with Gasteiger partial charge in [0.25, 0.3) is 0 Å². The summed E-state index contributed by atoms with van der Waals surface area (Å²) < 4.78 is 0. The van der Waals surface area contributed by atoms with Crippen molar-refractivity contribution in [2.75, 3.05) is 13.6 Å². The lowest BCUT2D eigenvalue weighted by molar-refractivity contribution is 0.949. The van der Waals surface area contributed by atoms with Crippen molar-refractivity contribution >= 4 is 11.9 Å². The first-order valence-corrected chi connectivity index (χ1v) is 4.22. The number of hydrogen-bond acceptors (Lipinski definition) is 3. The van der Waals surface area contributed by atoms with E-state index in [-0.39, 0.29) is 0 Å². The van der Waals surface area contributed by atoms with Gasteiger partial charge >= 0.3 is 0 Å². The average Bonchev–Trinajstić information content (AvgIpc) is 2.58. The first-order valence-electron chi connectivity index (χ1n) is 4.22. The maximum absolute atomic E-state index is 7.25. The lowest BCUT2D eigenvalue weighted by Gasteiger charge is -2.06. The molecule has 1 heterocycles. The summed E-state index contributed by atoms with van der Waals surface area (Å²) >= 11 is 0. The molecule has 0 saturated heterocycles. The molecule has 0 radical (unpaired) electrons. The molecular weight excluding hydrogens is 150 g/mol. The van der Waals surface area contributed by atoms with Crippen molar-refractivity contribution in [1.29, 1.82) is 5.41 Å². The molecule has 0 aromatic rings. The van der Waals surface area contributed by atoms with Crippen LogP contribution in [0.4, 0.5) is 0 Å². The standard InChI is InChI=1S/C9H15N3/c1-7(11-2)8(6-10)9-4-3-5-12-9/h6,10-11H,3-5H2,1-2H3/b8-7+,10-6?. The van der Waals surface area contributed by atoms with Crippen LogP contribution in [0, 0.1) is 5.41 Å². The summed E-state index contributed by atoms with van der Waals surface area (Å²) in [6.07, 6.45) is 3.53. The van der Waals surface area contributed by atoms with Gasteiger partial charge < -0.3 is 10.7 Å². The average molecular weight is 165 g/mol. The van der Waals surface area contributed by atoms with Crippen LogP contribution in [-0.2, 0) is 0 Å². The summed E-state index contributed by atoms with van der Waals surface area (Å²) in [5, 5.41) is 10.3. The molecule has 1 rings (SSSR count). The first-order chi connectivity index (χ1) is 5.79. The molecule has 0 atom stereocenters. The number of allylic oxidation sites excluding steroid dienone is 2. The van der Waals surface area contributed by atoms with Crippen molar-refractivity contribution in [1.82, 2.24) is 5.32 Å². The molecule has 0 unspecified atom stereocenters. The molecule has 12 heavy (non-hydrogen) atoms. The zero-order valence-electron chi connectivity index (χ0n) is 7.65. The van der Waals surface area contributed by atoms with E-state index in [1.54, 1.807) is 0 Å². The van der Waals surface area contributed by atoms with E-state index in [0.717, 1.165) is 36.4 Å². The van der Waals surface area contributed by atoms with Gasteiger partial charge in [-0.05, 0) is 19.8 Å². The molecule has 0 aromatic heterocycles. The summed E-state index contributed by atoms with van der Waals surface area (Å²) in [6.45, 7) is 2.89. The number of nitrogens with zero attached hydrogens (tertiary/aromatic N) is 1. The van der Waals surface area contributed by atoms with Gasteiger partial charge in [0.1, 0.15) is 0 Å². The van der Waals surface area contributed by atoms with Gasteiger partial charge in [-0.1, -0.05) is 0 Å². The van der Waals surface area contributed by atoms with E-state index in [1.807, 2.05) is 14.0 Å². The lowest BCUT2D eigenvalue weighted by atomic mass is 10.1. The molecule has 0 aromatic carbocycles. The minimum Gasteiger partial charge on any atom is -0.391 e. The normalized spacial score (nSPS) is 18.3. The van der Waals surface area contributed by atoms with Gasteiger partial charge in [-0.15, -0.1) is 0 Å². The van der Waals surface area contributed by atoms with E-state index in [0.29, 0.717) is 0 Å². The van der Waals surface area contributed by atoms with E-state index >= 15 is 0 Å². The molecule has 0 fully saturated rings. The summed E-state index contributed by atoms with van der Waals surface area (Å²) in [7, 11) is 1.87. The van der Waals surface area contributed by atoms with Crippen molar-refractivity contribution in [3.63, 3.8) is 0 Å². The molecule has 0 spiro atoms. The molecule has 1 aliphatic rings. The molecule has 1 aliphatic heterocycles. The Kier molecular flexibility index (Phi) is 3.02. The zero-order chi connectivity index (χ0) is 8.97. The van der Waals surface area contributed by atoms with Gasteiger partial charge in [-0.3, -0.25) is 4.99 Å². The highest BCUT2D eigenvalue weighted by atomic mass is 14.8. The second-order valence-corrected chi connectivity index (χ2v) is 2.86. The Labute approximate surface area is 73.1 Å². The molecule has 3 nitrogen and oxygen atoms in total. The predicted octanol–water partition coefficient (Wildman–Crippen LogP) is 1.36. The molecule has 3 heteroatoms. The minimum atomic E-state index is 0.920. The molecular formula is C9H15N3. The van der Waals surface area contributed by atoms with Gasteiger partial charge in [0.15, 0.2) is 0 Å². The second kappa shape index (κ2) is 4.04. The largest absolute Gasteiger partial charge is 0.391 e. The van der Waals surface area contributed by atoms with Gasteiger partial charge in [-0.2, -0.15) is 0 Å². The lowest BCUT2D eigenvalue weighted by Crippen LogP contribution is -2.12. The van der Waals surface area contributed by atoms with E-state index in [4.69, 9.17) is 5.41 Å². The Morgan fingerprint density at radius 1 is 1.67 bits per heavy atom. The van der Waals surface area contributed by atoms with E-state index in [1.165, 1.54) is 6.21 Å². The van der Waals surface area contributed by atoms with Crippen molar-refractivity contribution in [3.05, 3.63) is 11.3 Å². The predicted molar refractivity (Wildman–Crippen MR) is 52.1 cm³/mol. The fourth-order valence-corrected chi connectivity index (χ4v) is 1.30. The van der Waals surface area contributed by atoms with Crippen LogP contribution in [0.15, 0.2) is 16.3 Å². The van der Waals surface area contributed by atoms with Crippen LogP contribution in [-0.4, -0.2) is 25.5 Å². The third kappa shape index (κ3) is 1.72. The van der Waals surface area contributed by atoms with Gasteiger partial charge in [0.2, 0.25) is 0 Å². The Morgan fingerprint density at radius 2 is 2.42 bits per heavy atom. The van der Waals surface area contributed by atoms with E-state index in [9.17, 15) is 0 Å². The molecule has 0 bridgehead atoms. The Balaban J connectivity index is 2.87. The number of rotatable bonds is 3. The third-order valence-corrected chi connectivity index (χ3v) is 2.11. The Bertz CT molecular complexity index is 238. The van der Waals surface area contributed by atoms with Crippen LogP contribution in [0.5, 0.6) is 0 Å². The summed E-state index contributed by atoms with van der Waals surface area (Å²) in [5.74, 6) is 0. The van der Waals surface area contributed by atoms with Gasteiger partial charge in [0, 0.05) is 36.8 Å². The highest BCUT2D eigenvalue weighted by molar-refractivity contribution is 6.16. The number of hydrogen-bond donors (Lipinski definition) is 2. The second-order valence-electron chi connectivity index (χ2n) is 2.86. The van der Waals surface area contributed by atoms with Gasteiger partial charge in [-0.25, -0.2) is 0 Å². The van der Waals surface area contributed by atoms with Crippen molar-refractivity contribution in [2.45, 2.75) is 19.8 Å². The number of nitrogens with one attached hydrogen (secondary N) is 2. The maximum Gasteiger partial charge on any atom is 0.0453 e. The SMILES string of the molecule is CN/C(C)=C(\C=N)C1=NCCC1. The maximum atomic E-state index is 7.25. The first kappa shape index (κ1) is 8.97. The van der Waals surface area contributed by atoms with Crippen molar-refractivity contribution in [2.24, 2.45) is 4.99 Å². The Morgan fingerprint density at radius 3 is 2.83 bits per heavy atom. The summed E-state index contributed by atoms with van der Waals surface area (Å²) in [4.78, 5) is 4.34. The third-order valence-electron chi connectivity index (χ3n) is 2.11. The molecule has 66 valence electrons. The van der Waals surface area contributed by atoms with E-state index in [2.05, 4.69) is 10.3 Å². The van der Waals surface area contributed by atoms with Crippen molar-refractivity contribution < 1.29 is 0 Å². The quantitative estimate of drug-likeness (QED) is 0.609. The van der Waals surface area contributed by atoms with Crippen LogP contribution in [0.1, 0.15) is 19.8 Å². The summed E-state index contributed by atoms with van der Waals surface area (Å²) in [6, 6.07) is 0. The van der Waals surface area contributed by atoms with Gasteiger partial charge in [0.05, 0.1) is 0 Å². The molecule has 0 aliphatic carbocycles. The van der Waals surface area contributed by atoms with Crippen LogP contribution < -0.4 is 5.32 Å². The van der Waals surface area contributed by atoms with Crippen LogP contribution in [0.2, 0.25) is 0 Å². The van der Waals surface area contributed by atoms with Crippen LogP contribution >= 0.6 is 0 Å². The molecule has 0 amide bonds. The highest BCUT2D eigenvalue weighted by Gasteiger charge is 2.11. The minimum absolute atomic E-state index is 0.920. The van der Waals surface area contributed by atoms with Crippen LogP contribution in [0.3, 0.4) is 0 Å². The highest BCUT2D eigenvalue weighted by Crippen LogP contribution is 2.12. The van der Waals surface area contributed by atoms with E-state index < -0.39 is 0 Å². The van der Waals surface area contributed by atoms with Crippen molar-refractivity contribution in [3.8, 4) is 0 Å². The monoisotopic (exact) mass is 165 g/mol.